The summed E-state index contributed by atoms with van der Waals surface area (Å²) in [5, 5.41) is 0. The van der Waals surface area contributed by atoms with Crippen molar-refractivity contribution in [1.82, 2.24) is 0 Å². The van der Waals surface area contributed by atoms with Gasteiger partial charge >= 0.3 is 0 Å². The highest BCUT2D eigenvalue weighted by Crippen LogP contribution is 2.03. The molecule has 0 aromatic heterocycles. The van der Waals surface area contributed by atoms with Gasteiger partial charge in [-0.25, -0.2) is 0 Å². The van der Waals surface area contributed by atoms with Gasteiger partial charge in [-0.15, -0.1) is 0 Å². The first kappa shape index (κ1) is 14.7. The molecule has 0 aliphatic heterocycles. The van der Waals surface area contributed by atoms with Crippen LogP contribution in [0, 0.1) is 0 Å². The molecule has 0 aliphatic carbocycles. The first-order valence-electron chi connectivity index (χ1n) is 6.77. The summed E-state index contributed by atoms with van der Waals surface area (Å²) >= 11 is 0. The van der Waals surface area contributed by atoms with E-state index < -0.39 is 0 Å². The van der Waals surface area contributed by atoms with Gasteiger partial charge in [0.1, 0.15) is 0 Å². The van der Waals surface area contributed by atoms with E-state index in [0.29, 0.717) is 13.2 Å². The number of hydrogen-bond acceptors (Lipinski definition) is 1. The monoisotopic (exact) mass is 244 g/mol. The Labute approximate surface area is 111 Å². The quantitative estimate of drug-likeness (QED) is 0.467. The lowest BCUT2D eigenvalue weighted by atomic mass is 10.2. The molecule has 1 nitrogen and oxygen atoms in total. The average Bonchev–Trinajstić information content (AvgIpc) is 2.40. The summed E-state index contributed by atoms with van der Waals surface area (Å²) in [7, 11) is 0. The molecule has 0 spiro atoms. The first-order chi connectivity index (χ1) is 8.83. The van der Waals surface area contributed by atoms with Gasteiger partial charge in [-0.3, -0.25) is 0 Å². The van der Waals surface area contributed by atoms with Crippen molar-refractivity contribution >= 4 is 0 Å². The minimum Gasteiger partial charge on any atom is -0.372 e. The smallest absolute Gasteiger partial charge is 0.0721 e. The van der Waals surface area contributed by atoms with Crippen molar-refractivity contribution in [2.24, 2.45) is 0 Å². The summed E-state index contributed by atoms with van der Waals surface area (Å²) in [5.41, 5.74) is 2.49. The Hall–Kier alpha value is -1.34. The number of allylic oxidation sites excluding steroid dienone is 3. The predicted molar refractivity (Wildman–Crippen MR) is 78.5 cm³/mol. The minimum atomic E-state index is 0.686. The van der Waals surface area contributed by atoms with Gasteiger partial charge in [0, 0.05) is 0 Å². The van der Waals surface area contributed by atoms with Crippen LogP contribution in [0.5, 0.6) is 0 Å². The SMILES string of the molecule is CCCC/C=C/C=C(\C)COCc1ccccc1. The van der Waals surface area contributed by atoms with Crippen LogP contribution in [0.15, 0.2) is 54.1 Å². The molecule has 0 amide bonds. The van der Waals surface area contributed by atoms with E-state index in [2.05, 4.69) is 44.2 Å². The van der Waals surface area contributed by atoms with Crippen molar-refractivity contribution in [3.05, 3.63) is 59.7 Å². The van der Waals surface area contributed by atoms with Crippen molar-refractivity contribution in [2.45, 2.75) is 39.7 Å². The molecule has 0 N–H and O–H groups in total. The average molecular weight is 244 g/mol. The van der Waals surface area contributed by atoms with Crippen molar-refractivity contribution in [2.75, 3.05) is 6.61 Å². The maximum absolute atomic E-state index is 5.66. The second kappa shape index (κ2) is 9.67. The molecule has 1 aromatic rings. The lowest BCUT2D eigenvalue weighted by Gasteiger charge is -2.03. The lowest BCUT2D eigenvalue weighted by Crippen LogP contribution is -1.96. The zero-order valence-corrected chi connectivity index (χ0v) is 11.6. The van der Waals surface area contributed by atoms with Gasteiger partial charge in [0.25, 0.3) is 0 Å². The normalized spacial score (nSPS) is 12.2. The van der Waals surface area contributed by atoms with Crippen LogP contribution < -0.4 is 0 Å². The van der Waals surface area contributed by atoms with E-state index in [1.165, 1.54) is 30.4 Å². The van der Waals surface area contributed by atoms with Crippen molar-refractivity contribution < 1.29 is 4.74 Å². The van der Waals surface area contributed by atoms with Crippen LogP contribution in [0.25, 0.3) is 0 Å². The fourth-order valence-corrected chi connectivity index (χ4v) is 1.60. The Bertz CT molecular complexity index is 362. The van der Waals surface area contributed by atoms with Crippen LogP contribution in [0.4, 0.5) is 0 Å². The third kappa shape index (κ3) is 7.08. The van der Waals surface area contributed by atoms with Gasteiger partial charge in [-0.05, 0) is 24.5 Å². The Morgan fingerprint density at radius 2 is 2.00 bits per heavy atom. The maximum atomic E-state index is 5.66. The fraction of sp³-hybridized carbons (Fsp3) is 0.412. The topological polar surface area (TPSA) is 9.23 Å². The third-order valence-electron chi connectivity index (χ3n) is 2.68. The maximum Gasteiger partial charge on any atom is 0.0721 e. The van der Waals surface area contributed by atoms with E-state index in [0.717, 1.165) is 0 Å². The zero-order valence-electron chi connectivity index (χ0n) is 11.6. The first-order valence-corrected chi connectivity index (χ1v) is 6.77. The second-order valence-corrected chi connectivity index (χ2v) is 4.56. The van der Waals surface area contributed by atoms with E-state index >= 15 is 0 Å². The molecular formula is C17H24O. The van der Waals surface area contributed by atoms with Gasteiger partial charge < -0.3 is 4.74 Å². The highest BCUT2D eigenvalue weighted by molar-refractivity contribution is 5.14. The number of ether oxygens (including phenoxy) is 1. The van der Waals surface area contributed by atoms with Crippen LogP contribution in [0.3, 0.4) is 0 Å². The van der Waals surface area contributed by atoms with E-state index in [9.17, 15) is 0 Å². The van der Waals surface area contributed by atoms with Gasteiger partial charge in [0.05, 0.1) is 13.2 Å². The molecular weight excluding hydrogens is 220 g/mol. The van der Waals surface area contributed by atoms with Crippen molar-refractivity contribution in [1.29, 1.82) is 0 Å². The second-order valence-electron chi connectivity index (χ2n) is 4.56. The van der Waals surface area contributed by atoms with E-state index in [4.69, 9.17) is 4.74 Å². The van der Waals surface area contributed by atoms with Crippen molar-refractivity contribution in [3.63, 3.8) is 0 Å². The highest BCUT2D eigenvalue weighted by Gasteiger charge is 1.92. The number of benzene rings is 1. The molecule has 18 heavy (non-hydrogen) atoms. The summed E-state index contributed by atoms with van der Waals surface area (Å²) in [5.74, 6) is 0. The molecule has 0 fully saturated rings. The largest absolute Gasteiger partial charge is 0.372 e. The van der Waals surface area contributed by atoms with Crippen LogP contribution in [0.1, 0.15) is 38.7 Å². The van der Waals surface area contributed by atoms with Crippen LogP contribution in [-0.2, 0) is 11.3 Å². The summed E-state index contributed by atoms with van der Waals surface area (Å²) in [6.07, 6.45) is 10.2. The standard InChI is InChI=1S/C17H24O/c1-3-4-5-6-8-11-16(2)14-18-15-17-12-9-7-10-13-17/h6-13H,3-5,14-15H2,1-2H3/b8-6+,16-11+. The molecule has 0 bridgehead atoms. The molecule has 0 aliphatic rings. The van der Waals surface area contributed by atoms with Crippen LogP contribution >= 0.6 is 0 Å². The Kier molecular flexibility index (Phi) is 7.90. The highest BCUT2D eigenvalue weighted by atomic mass is 16.5. The van der Waals surface area contributed by atoms with E-state index in [1.54, 1.807) is 0 Å². The molecule has 0 radical (unpaired) electrons. The molecule has 0 atom stereocenters. The summed E-state index contributed by atoms with van der Waals surface area (Å²) in [6.45, 7) is 5.71. The summed E-state index contributed by atoms with van der Waals surface area (Å²) in [6, 6.07) is 10.3. The summed E-state index contributed by atoms with van der Waals surface area (Å²) in [4.78, 5) is 0. The molecule has 0 saturated heterocycles. The Morgan fingerprint density at radius 1 is 1.22 bits per heavy atom. The molecule has 0 heterocycles. The Morgan fingerprint density at radius 3 is 2.72 bits per heavy atom. The van der Waals surface area contributed by atoms with E-state index in [-0.39, 0.29) is 0 Å². The zero-order chi connectivity index (χ0) is 13.1. The molecule has 0 saturated carbocycles. The van der Waals surface area contributed by atoms with E-state index in [1.807, 2.05) is 18.2 Å². The third-order valence-corrected chi connectivity index (χ3v) is 2.68. The molecule has 1 aromatic carbocycles. The minimum absolute atomic E-state index is 0.686. The number of unbranched alkanes of at least 4 members (excludes halogenated alkanes) is 2. The molecule has 0 unspecified atom stereocenters. The van der Waals surface area contributed by atoms with Crippen LogP contribution in [-0.4, -0.2) is 6.61 Å². The van der Waals surface area contributed by atoms with Gasteiger partial charge in [0.2, 0.25) is 0 Å². The summed E-state index contributed by atoms with van der Waals surface area (Å²) < 4.78 is 5.66. The fourth-order valence-electron chi connectivity index (χ4n) is 1.60. The molecule has 1 rings (SSSR count). The van der Waals surface area contributed by atoms with Gasteiger partial charge in [-0.2, -0.15) is 0 Å². The number of hydrogen-bond donors (Lipinski definition) is 0. The van der Waals surface area contributed by atoms with Crippen LogP contribution in [0.2, 0.25) is 0 Å². The van der Waals surface area contributed by atoms with Crippen molar-refractivity contribution in [3.8, 4) is 0 Å². The molecule has 98 valence electrons. The Balaban J connectivity index is 2.18. The lowest BCUT2D eigenvalue weighted by molar-refractivity contribution is 0.142. The number of rotatable bonds is 8. The molecule has 1 heteroatoms. The van der Waals surface area contributed by atoms with Gasteiger partial charge in [-0.1, -0.05) is 68.3 Å². The van der Waals surface area contributed by atoms with Gasteiger partial charge in [0.15, 0.2) is 0 Å². The predicted octanol–water partition coefficient (Wildman–Crippen LogP) is 4.90.